The Morgan fingerprint density at radius 2 is 1.88 bits per heavy atom. The van der Waals surface area contributed by atoms with Gasteiger partial charge in [0.15, 0.2) is 0 Å². The molecule has 0 aliphatic rings. The van der Waals surface area contributed by atoms with E-state index in [1.165, 1.54) is 0 Å². The van der Waals surface area contributed by atoms with Crippen molar-refractivity contribution in [3.63, 3.8) is 0 Å². The minimum Gasteiger partial charge on any atom is -0.465 e. The molecule has 0 heterocycles. The predicted octanol–water partition coefficient (Wildman–Crippen LogP) is 1.28. The van der Waals surface area contributed by atoms with Crippen LogP contribution in [0, 0.1) is 5.92 Å². The van der Waals surface area contributed by atoms with Crippen LogP contribution in [0.1, 0.15) is 34.1 Å². The van der Waals surface area contributed by atoms with Crippen molar-refractivity contribution in [1.29, 1.82) is 0 Å². The summed E-state index contributed by atoms with van der Waals surface area (Å²) in [5, 5.41) is 5.27. The highest BCUT2D eigenvalue weighted by molar-refractivity contribution is 5.80. The van der Waals surface area contributed by atoms with Crippen molar-refractivity contribution in [1.82, 2.24) is 10.6 Å². The van der Waals surface area contributed by atoms with E-state index in [-0.39, 0.29) is 18.6 Å². The van der Waals surface area contributed by atoms with Crippen LogP contribution in [0.4, 0.5) is 4.79 Å². The van der Waals surface area contributed by atoms with Crippen LogP contribution < -0.4 is 10.6 Å². The first-order valence-corrected chi connectivity index (χ1v) is 5.71. The second-order valence-electron chi connectivity index (χ2n) is 3.89. The summed E-state index contributed by atoms with van der Waals surface area (Å²) in [5.41, 5.74) is 0. The molecular formula is C11H22N2O3. The van der Waals surface area contributed by atoms with E-state index in [0.717, 1.165) is 6.42 Å². The van der Waals surface area contributed by atoms with Gasteiger partial charge in [-0.2, -0.15) is 0 Å². The average molecular weight is 230 g/mol. The quantitative estimate of drug-likeness (QED) is 0.675. The number of rotatable bonds is 6. The van der Waals surface area contributed by atoms with Gasteiger partial charge < -0.3 is 15.4 Å². The minimum absolute atomic E-state index is 0.0891. The molecule has 1 unspecified atom stereocenters. The van der Waals surface area contributed by atoms with Gasteiger partial charge in [0.25, 0.3) is 0 Å². The number of carbonyl (C=O) groups excluding carboxylic acids is 2. The van der Waals surface area contributed by atoms with Crippen molar-refractivity contribution in [3.05, 3.63) is 0 Å². The largest absolute Gasteiger partial charge is 0.465 e. The lowest BCUT2D eigenvalue weighted by Gasteiger charge is -2.20. The van der Waals surface area contributed by atoms with Gasteiger partial charge in [0, 0.05) is 6.04 Å². The third-order valence-corrected chi connectivity index (χ3v) is 2.26. The maximum Gasteiger partial charge on any atom is 0.325 e. The summed E-state index contributed by atoms with van der Waals surface area (Å²) in [5.74, 6) is -0.0476. The molecule has 94 valence electrons. The molecular weight excluding hydrogens is 208 g/mol. The predicted molar refractivity (Wildman–Crippen MR) is 62.1 cm³/mol. The molecule has 0 bridgehead atoms. The lowest BCUT2D eigenvalue weighted by Crippen LogP contribution is -2.45. The molecule has 0 aromatic rings. The summed E-state index contributed by atoms with van der Waals surface area (Å²) in [6.07, 6.45) is 0.866. The molecule has 2 N–H and O–H groups in total. The van der Waals surface area contributed by atoms with E-state index in [4.69, 9.17) is 0 Å². The van der Waals surface area contributed by atoms with Crippen molar-refractivity contribution in [2.24, 2.45) is 5.92 Å². The summed E-state index contributed by atoms with van der Waals surface area (Å²) < 4.78 is 4.69. The van der Waals surface area contributed by atoms with Crippen molar-refractivity contribution in [3.8, 4) is 0 Å². The molecule has 0 aliphatic heterocycles. The number of hydrogen-bond acceptors (Lipinski definition) is 3. The molecule has 2 amide bonds. The Morgan fingerprint density at radius 3 is 2.31 bits per heavy atom. The van der Waals surface area contributed by atoms with E-state index in [2.05, 4.69) is 15.4 Å². The fourth-order valence-electron chi connectivity index (χ4n) is 1.32. The number of hydrogen-bond donors (Lipinski definition) is 2. The van der Waals surface area contributed by atoms with Crippen LogP contribution >= 0.6 is 0 Å². The molecule has 0 spiro atoms. The molecule has 0 fully saturated rings. The first-order chi connectivity index (χ1) is 7.51. The zero-order valence-corrected chi connectivity index (χ0v) is 10.5. The zero-order chi connectivity index (χ0) is 12.6. The third kappa shape index (κ3) is 6.27. The highest BCUT2D eigenvalue weighted by atomic mass is 16.5. The first-order valence-electron chi connectivity index (χ1n) is 5.71. The summed E-state index contributed by atoms with van der Waals surface area (Å²) in [7, 11) is 0. The Balaban J connectivity index is 3.85. The van der Waals surface area contributed by atoms with E-state index in [1.807, 2.05) is 20.8 Å². The Morgan fingerprint density at radius 1 is 1.25 bits per heavy atom. The number of nitrogens with one attached hydrogen (secondary N) is 2. The topological polar surface area (TPSA) is 67.4 Å². The number of amides is 2. The number of ether oxygens (including phenoxy) is 1. The van der Waals surface area contributed by atoms with Crippen molar-refractivity contribution in [2.75, 3.05) is 13.2 Å². The molecule has 5 heteroatoms. The van der Waals surface area contributed by atoms with Crippen LogP contribution in [0.25, 0.3) is 0 Å². The van der Waals surface area contributed by atoms with E-state index in [1.54, 1.807) is 6.92 Å². The van der Waals surface area contributed by atoms with Gasteiger partial charge in [-0.05, 0) is 19.3 Å². The lowest BCUT2D eigenvalue weighted by atomic mass is 10.0. The number of esters is 1. The molecule has 0 saturated carbocycles. The monoisotopic (exact) mass is 230 g/mol. The molecule has 0 radical (unpaired) electrons. The van der Waals surface area contributed by atoms with Gasteiger partial charge in [-0.1, -0.05) is 20.8 Å². The highest BCUT2D eigenvalue weighted by Gasteiger charge is 2.14. The Hall–Kier alpha value is -1.26. The first kappa shape index (κ1) is 14.7. The molecule has 0 saturated heterocycles. The molecule has 5 nitrogen and oxygen atoms in total. The van der Waals surface area contributed by atoms with Gasteiger partial charge in [0.05, 0.1) is 6.61 Å². The molecule has 16 heavy (non-hydrogen) atoms. The molecule has 0 aromatic carbocycles. The van der Waals surface area contributed by atoms with E-state index in [9.17, 15) is 9.59 Å². The molecule has 0 aromatic heterocycles. The maximum absolute atomic E-state index is 11.4. The van der Waals surface area contributed by atoms with E-state index >= 15 is 0 Å². The van der Waals surface area contributed by atoms with Crippen LogP contribution in [0.3, 0.4) is 0 Å². The van der Waals surface area contributed by atoms with Gasteiger partial charge in [0.1, 0.15) is 6.54 Å². The Labute approximate surface area is 96.9 Å². The van der Waals surface area contributed by atoms with Crippen LogP contribution in [-0.2, 0) is 9.53 Å². The van der Waals surface area contributed by atoms with Gasteiger partial charge in [-0.15, -0.1) is 0 Å². The maximum atomic E-state index is 11.4. The second-order valence-corrected chi connectivity index (χ2v) is 3.89. The zero-order valence-electron chi connectivity index (χ0n) is 10.5. The normalized spacial score (nSPS) is 12.1. The summed E-state index contributed by atoms with van der Waals surface area (Å²) >= 11 is 0. The van der Waals surface area contributed by atoms with Gasteiger partial charge >= 0.3 is 12.0 Å². The SMILES string of the molecule is CCOC(=O)CNC(=O)NC(CC)C(C)C. The summed E-state index contributed by atoms with van der Waals surface area (Å²) in [6, 6.07) is -0.198. The van der Waals surface area contributed by atoms with Crippen LogP contribution in [0.5, 0.6) is 0 Å². The van der Waals surface area contributed by atoms with Gasteiger partial charge in [-0.3, -0.25) is 4.79 Å². The third-order valence-electron chi connectivity index (χ3n) is 2.26. The van der Waals surface area contributed by atoms with Gasteiger partial charge in [-0.25, -0.2) is 4.79 Å². The van der Waals surface area contributed by atoms with Crippen LogP contribution in [-0.4, -0.2) is 31.2 Å². The number of carbonyl (C=O) groups is 2. The summed E-state index contributed by atoms with van der Waals surface area (Å²) in [4.78, 5) is 22.4. The Bertz CT molecular complexity index is 229. The smallest absolute Gasteiger partial charge is 0.325 e. The van der Waals surface area contributed by atoms with Crippen molar-refractivity contribution in [2.45, 2.75) is 40.2 Å². The van der Waals surface area contributed by atoms with Crippen molar-refractivity contribution >= 4 is 12.0 Å². The standard InChI is InChI=1S/C11H22N2O3/c1-5-9(8(3)4)13-11(15)12-7-10(14)16-6-2/h8-9H,5-7H2,1-4H3,(H2,12,13,15). The van der Waals surface area contributed by atoms with Gasteiger partial charge in [0.2, 0.25) is 0 Å². The van der Waals surface area contributed by atoms with E-state index < -0.39 is 5.97 Å². The minimum atomic E-state index is -0.421. The van der Waals surface area contributed by atoms with Crippen LogP contribution in [0.15, 0.2) is 0 Å². The second kappa shape index (κ2) is 7.96. The van der Waals surface area contributed by atoms with E-state index in [0.29, 0.717) is 12.5 Å². The fraction of sp³-hybridized carbons (Fsp3) is 0.818. The molecule has 0 rings (SSSR count). The number of urea groups is 1. The Kier molecular flexibility index (Phi) is 7.33. The average Bonchev–Trinajstić information content (AvgIpc) is 2.23. The summed E-state index contributed by atoms with van der Waals surface area (Å²) in [6.45, 7) is 8.06. The molecule has 0 aliphatic carbocycles. The van der Waals surface area contributed by atoms with Crippen LogP contribution in [0.2, 0.25) is 0 Å². The fourth-order valence-corrected chi connectivity index (χ4v) is 1.32. The lowest BCUT2D eigenvalue weighted by molar-refractivity contribution is -0.141. The van der Waals surface area contributed by atoms with Crippen molar-refractivity contribution < 1.29 is 14.3 Å². The highest BCUT2D eigenvalue weighted by Crippen LogP contribution is 2.04. The molecule has 1 atom stereocenters.